The van der Waals surface area contributed by atoms with Crippen molar-refractivity contribution in [2.75, 3.05) is 33.0 Å². The van der Waals surface area contributed by atoms with E-state index in [4.69, 9.17) is 9.47 Å². The number of rotatable bonds is 2. The molecule has 3 nitrogen and oxygen atoms in total. The number of ether oxygens (including phenoxy) is 2. The molecule has 0 radical (unpaired) electrons. The van der Waals surface area contributed by atoms with E-state index in [-0.39, 0.29) is 5.41 Å². The van der Waals surface area contributed by atoms with Crippen molar-refractivity contribution in [3.05, 3.63) is 35.4 Å². The molecule has 2 heterocycles. The summed E-state index contributed by atoms with van der Waals surface area (Å²) in [4.78, 5) is 0. The van der Waals surface area contributed by atoms with Crippen molar-refractivity contribution in [1.82, 2.24) is 5.32 Å². The third-order valence-corrected chi connectivity index (χ3v) is 3.93. The molecular formula is C14H19NO2. The van der Waals surface area contributed by atoms with Crippen LogP contribution in [0.2, 0.25) is 0 Å². The fourth-order valence-electron chi connectivity index (χ4n) is 2.70. The van der Waals surface area contributed by atoms with Gasteiger partial charge in [0.1, 0.15) is 0 Å². The minimum atomic E-state index is 0.119. The quantitative estimate of drug-likeness (QED) is 0.834. The summed E-state index contributed by atoms with van der Waals surface area (Å²) in [7, 11) is 0. The summed E-state index contributed by atoms with van der Waals surface area (Å²) in [5.41, 5.74) is 2.79. The Morgan fingerprint density at radius 2 is 1.94 bits per heavy atom. The van der Waals surface area contributed by atoms with E-state index in [9.17, 15) is 0 Å². The van der Waals surface area contributed by atoms with Crippen molar-refractivity contribution < 1.29 is 9.47 Å². The second kappa shape index (κ2) is 4.41. The zero-order valence-corrected chi connectivity index (χ0v) is 10.2. The first-order chi connectivity index (χ1) is 8.31. The predicted molar refractivity (Wildman–Crippen MR) is 66.3 cm³/mol. The molecule has 0 aromatic heterocycles. The van der Waals surface area contributed by atoms with E-state index in [1.165, 1.54) is 11.1 Å². The first kappa shape index (κ1) is 11.2. The molecule has 92 valence electrons. The highest BCUT2D eigenvalue weighted by atomic mass is 16.5. The van der Waals surface area contributed by atoms with E-state index in [0.29, 0.717) is 6.04 Å². The van der Waals surface area contributed by atoms with Gasteiger partial charge in [-0.3, -0.25) is 0 Å². The SMILES string of the molecule is Cc1ccc(C2(C3COCCN3)COC2)cc1. The van der Waals surface area contributed by atoms with Crippen LogP contribution in [0, 0.1) is 6.92 Å². The van der Waals surface area contributed by atoms with E-state index < -0.39 is 0 Å². The van der Waals surface area contributed by atoms with Gasteiger partial charge in [0.25, 0.3) is 0 Å². The molecule has 2 saturated heterocycles. The zero-order chi connectivity index (χ0) is 11.7. The lowest BCUT2D eigenvalue weighted by molar-refractivity contribution is -0.101. The fraction of sp³-hybridized carbons (Fsp3) is 0.571. The van der Waals surface area contributed by atoms with Gasteiger partial charge in [0.05, 0.1) is 31.8 Å². The molecular weight excluding hydrogens is 214 g/mol. The van der Waals surface area contributed by atoms with Crippen LogP contribution in [0.3, 0.4) is 0 Å². The van der Waals surface area contributed by atoms with Crippen molar-refractivity contribution in [1.29, 1.82) is 0 Å². The van der Waals surface area contributed by atoms with Gasteiger partial charge in [-0.2, -0.15) is 0 Å². The summed E-state index contributed by atoms with van der Waals surface area (Å²) in [6.07, 6.45) is 0. The number of aryl methyl sites for hydroxylation is 1. The van der Waals surface area contributed by atoms with Crippen LogP contribution in [0.25, 0.3) is 0 Å². The standard InChI is InChI=1S/C14H19NO2/c1-11-2-4-12(5-3-11)14(9-17-10-14)13-8-16-7-6-15-13/h2-5,13,15H,6-10H2,1H3. The maximum Gasteiger partial charge on any atom is 0.0630 e. The van der Waals surface area contributed by atoms with E-state index >= 15 is 0 Å². The fourth-order valence-corrected chi connectivity index (χ4v) is 2.70. The molecule has 1 aromatic carbocycles. The van der Waals surface area contributed by atoms with Crippen LogP contribution in [0.5, 0.6) is 0 Å². The Kier molecular flexibility index (Phi) is 2.90. The molecule has 1 N–H and O–H groups in total. The minimum Gasteiger partial charge on any atom is -0.379 e. The molecule has 1 aromatic rings. The summed E-state index contributed by atoms with van der Waals surface area (Å²) in [6, 6.07) is 9.20. The van der Waals surface area contributed by atoms with Crippen LogP contribution < -0.4 is 5.32 Å². The Labute approximate surface area is 102 Å². The Balaban J connectivity index is 1.87. The van der Waals surface area contributed by atoms with Crippen molar-refractivity contribution in [3.8, 4) is 0 Å². The number of benzene rings is 1. The third kappa shape index (κ3) is 1.88. The van der Waals surface area contributed by atoms with Gasteiger partial charge in [-0.15, -0.1) is 0 Å². The molecule has 2 fully saturated rings. The minimum absolute atomic E-state index is 0.119. The zero-order valence-electron chi connectivity index (χ0n) is 10.2. The van der Waals surface area contributed by atoms with Crippen LogP contribution in [-0.2, 0) is 14.9 Å². The van der Waals surface area contributed by atoms with Gasteiger partial charge in [0.2, 0.25) is 0 Å². The molecule has 1 unspecified atom stereocenters. The second-order valence-electron chi connectivity index (χ2n) is 5.10. The summed E-state index contributed by atoms with van der Waals surface area (Å²) in [5, 5.41) is 3.57. The Hall–Kier alpha value is -0.900. The van der Waals surface area contributed by atoms with E-state index in [2.05, 4.69) is 36.5 Å². The number of nitrogens with one attached hydrogen (secondary N) is 1. The van der Waals surface area contributed by atoms with E-state index in [1.807, 2.05) is 0 Å². The van der Waals surface area contributed by atoms with Gasteiger partial charge in [0, 0.05) is 12.6 Å². The monoisotopic (exact) mass is 233 g/mol. The number of morpholine rings is 1. The normalized spacial score (nSPS) is 27.5. The maximum absolute atomic E-state index is 5.59. The van der Waals surface area contributed by atoms with Crippen molar-refractivity contribution in [3.63, 3.8) is 0 Å². The summed E-state index contributed by atoms with van der Waals surface area (Å²) >= 11 is 0. The maximum atomic E-state index is 5.59. The molecule has 3 heteroatoms. The predicted octanol–water partition coefficient (Wildman–Crippen LogP) is 1.25. The molecule has 0 bridgehead atoms. The summed E-state index contributed by atoms with van der Waals surface area (Å²) < 4.78 is 11.1. The highest BCUT2D eigenvalue weighted by molar-refractivity contribution is 5.33. The highest BCUT2D eigenvalue weighted by Crippen LogP contribution is 2.36. The third-order valence-electron chi connectivity index (χ3n) is 3.93. The largest absolute Gasteiger partial charge is 0.379 e. The molecule has 1 atom stereocenters. The topological polar surface area (TPSA) is 30.5 Å². The molecule has 3 rings (SSSR count). The van der Waals surface area contributed by atoms with Gasteiger partial charge in [0.15, 0.2) is 0 Å². The lowest BCUT2D eigenvalue weighted by Gasteiger charge is -2.49. The highest BCUT2D eigenvalue weighted by Gasteiger charge is 2.47. The first-order valence-corrected chi connectivity index (χ1v) is 6.27. The molecule has 17 heavy (non-hydrogen) atoms. The first-order valence-electron chi connectivity index (χ1n) is 6.27. The molecule has 2 aliphatic rings. The smallest absolute Gasteiger partial charge is 0.0630 e. The van der Waals surface area contributed by atoms with Crippen LogP contribution >= 0.6 is 0 Å². The van der Waals surface area contributed by atoms with Crippen LogP contribution in [0.15, 0.2) is 24.3 Å². The van der Waals surface area contributed by atoms with Gasteiger partial charge >= 0.3 is 0 Å². The van der Waals surface area contributed by atoms with Crippen LogP contribution in [0.4, 0.5) is 0 Å². The lowest BCUT2D eigenvalue weighted by atomic mass is 9.72. The number of hydrogen-bond acceptors (Lipinski definition) is 3. The molecule has 0 aliphatic carbocycles. The lowest BCUT2D eigenvalue weighted by Crippen LogP contribution is -2.63. The van der Waals surface area contributed by atoms with Crippen molar-refractivity contribution in [2.45, 2.75) is 18.4 Å². The summed E-state index contributed by atoms with van der Waals surface area (Å²) in [6.45, 7) is 6.28. The Bertz CT molecular complexity index is 378. The van der Waals surface area contributed by atoms with Gasteiger partial charge in [-0.1, -0.05) is 29.8 Å². The van der Waals surface area contributed by atoms with Crippen molar-refractivity contribution >= 4 is 0 Å². The Morgan fingerprint density at radius 1 is 1.18 bits per heavy atom. The van der Waals surface area contributed by atoms with Crippen LogP contribution in [-0.4, -0.2) is 39.0 Å². The number of hydrogen-bond donors (Lipinski definition) is 1. The molecule has 2 aliphatic heterocycles. The van der Waals surface area contributed by atoms with Gasteiger partial charge < -0.3 is 14.8 Å². The van der Waals surface area contributed by atoms with Crippen LogP contribution in [0.1, 0.15) is 11.1 Å². The van der Waals surface area contributed by atoms with Gasteiger partial charge in [-0.25, -0.2) is 0 Å². The Morgan fingerprint density at radius 3 is 2.47 bits per heavy atom. The average molecular weight is 233 g/mol. The van der Waals surface area contributed by atoms with Gasteiger partial charge in [-0.05, 0) is 12.5 Å². The van der Waals surface area contributed by atoms with Crippen molar-refractivity contribution in [2.24, 2.45) is 0 Å². The summed E-state index contributed by atoms with van der Waals surface area (Å²) in [5.74, 6) is 0. The average Bonchev–Trinajstić information content (AvgIpc) is 2.32. The molecule has 0 saturated carbocycles. The van der Waals surface area contributed by atoms with E-state index in [0.717, 1.165) is 33.0 Å². The van der Waals surface area contributed by atoms with E-state index in [1.54, 1.807) is 0 Å². The molecule has 0 spiro atoms. The molecule has 0 amide bonds. The second-order valence-corrected chi connectivity index (χ2v) is 5.10.